The fourth-order valence-corrected chi connectivity index (χ4v) is 9.60. The van der Waals surface area contributed by atoms with Gasteiger partial charge in [-0.25, -0.2) is 19.6 Å². The quantitative estimate of drug-likeness (QED) is 0.177. The Bertz CT molecular complexity index is 2590. The van der Waals surface area contributed by atoms with E-state index in [2.05, 4.69) is 99.5 Å². The third-order valence-corrected chi connectivity index (χ3v) is 12.8. The summed E-state index contributed by atoms with van der Waals surface area (Å²) in [6, 6.07) is 4.94. The minimum Gasteiger partial charge on any atom is -0.345 e. The molecule has 8 heterocycles. The van der Waals surface area contributed by atoms with Crippen LogP contribution in [0.4, 0.5) is 0 Å². The molecule has 54 heavy (non-hydrogen) atoms. The zero-order valence-corrected chi connectivity index (χ0v) is 30.6. The van der Waals surface area contributed by atoms with Gasteiger partial charge in [0.2, 0.25) is 0 Å². The molecule has 16 nitrogen and oxygen atoms in total. The normalized spacial score (nSPS) is 25.7. The molecule has 2 N–H and O–H groups in total. The third-order valence-electron chi connectivity index (χ3n) is 12.8. The van der Waals surface area contributed by atoms with Crippen molar-refractivity contribution in [1.82, 2.24) is 78.7 Å². The lowest BCUT2D eigenvalue weighted by molar-refractivity contribution is 0.426. The van der Waals surface area contributed by atoms with Crippen LogP contribution in [0.1, 0.15) is 137 Å². The van der Waals surface area contributed by atoms with E-state index in [1.165, 1.54) is 31.5 Å². The number of H-pyrrole nitrogens is 2. The van der Waals surface area contributed by atoms with E-state index in [0.717, 1.165) is 89.6 Å². The molecular weight excluding hydrogens is 681 g/mol. The first-order chi connectivity index (χ1) is 26.6. The average Bonchev–Trinajstić information content (AvgIpc) is 3.74. The summed E-state index contributed by atoms with van der Waals surface area (Å²) in [7, 11) is 0. The van der Waals surface area contributed by atoms with Crippen molar-refractivity contribution in [2.24, 2.45) is 11.8 Å². The van der Waals surface area contributed by atoms with Crippen LogP contribution in [0, 0.1) is 11.8 Å². The highest BCUT2D eigenvalue weighted by Crippen LogP contribution is 2.49. The monoisotopic (exact) mass is 724 g/mol. The van der Waals surface area contributed by atoms with Gasteiger partial charge in [-0.15, -0.1) is 30.6 Å². The lowest BCUT2D eigenvalue weighted by Crippen LogP contribution is -2.10. The molecule has 0 bridgehead atoms. The summed E-state index contributed by atoms with van der Waals surface area (Å²) in [5.74, 6) is 7.43. The van der Waals surface area contributed by atoms with E-state index in [9.17, 15) is 0 Å². The number of aromatic amines is 2. The highest BCUT2D eigenvalue weighted by Gasteiger charge is 2.41. The van der Waals surface area contributed by atoms with Crippen molar-refractivity contribution in [2.45, 2.75) is 114 Å². The number of nitrogens with zero attached hydrogens (tertiary/aromatic N) is 14. The molecule has 8 aromatic heterocycles. The molecular formula is C38H44N16. The Hall–Kier alpha value is -5.54. The Kier molecular flexibility index (Phi) is 7.40. The van der Waals surface area contributed by atoms with Crippen LogP contribution in [-0.2, 0) is 0 Å². The topological polar surface area (TPSA) is 179 Å². The van der Waals surface area contributed by atoms with Crippen molar-refractivity contribution in [1.29, 1.82) is 0 Å². The molecule has 0 radical (unpaired) electrons. The van der Waals surface area contributed by atoms with E-state index in [1.807, 2.05) is 25.0 Å². The number of fused-ring (bicyclic) bond motifs is 6. The van der Waals surface area contributed by atoms with Gasteiger partial charge in [0.1, 0.15) is 30.1 Å². The summed E-state index contributed by atoms with van der Waals surface area (Å²) in [5, 5.41) is 31.4. The molecule has 8 aromatic rings. The number of aromatic nitrogens is 16. The molecule has 0 aromatic carbocycles. The molecule has 6 atom stereocenters. The summed E-state index contributed by atoms with van der Waals surface area (Å²) in [6.45, 7) is 4.55. The minimum absolute atomic E-state index is 0.365. The lowest BCUT2D eigenvalue weighted by atomic mass is 9.93. The van der Waals surface area contributed by atoms with Gasteiger partial charge < -0.3 is 14.5 Å². The van der Waals surface area contributed by atoms with Crippen LogP contribution in [0.2, 0.25) is 0 Å². The van der Waals surface area contributed by atoms with Crippen LogP contribution >= 0.6 is 0 Å². The Morgan fingerprint density at radius 3 is 1.81 bits per heavy atom. The van der Waals surface area contributed by atoms with Crippen molar-refractivity contribution in [3.05, 3.63) is 72.9 Å². The third kappa shape index (κ3) is 5.23. The fraction of sp³-hybridized carbons (Fsp3) is 0.526. The SMILES string of the molecule is CC[C@@H]1C[C@H](n2cnc(C3CC3)n2)C[C@@H]1c1nnc2cnc3[nH]ccc3n12.CC[C@@H]1C[C@H](n2cnnc2C2CC2)C[C@@H]1c1nnc2cnc3[nH]ccc3n12. The average molecular weight is 725 g/mol. The van der Waals surface area contributed by atoms with Gasteiger partial charge in [-0.2, -0.15) is 5.10 Å². The zero-order chi connectivity index (χ0) is 35.9. The van der Waals surface area contributed by atoms with Gasteiger partial charge in [0, 0.05) is 42.1 Å². The molecule has 4 aliphatic rings. The minimum atomic E-state index is 0.365. The number of hydrogen-bond acceptors (Lipinski definition) is 10. The van der Waals surface area contributed by atoms with E-state index in [-0.39, 0.29) is 0 Å². The van der Waals surface area contributed by atoms with Crippen LogP contribution in [0.5, 0.6) is 0 Å². The molecule has 276 valence electrons. The molecule has 16 heteroatoms. The van der Waals surface area contributed by atoms with Gasteiger partial charge in [-0.1, -0.05) is 26.7 Å². The van der Waals surface area contributed by atoms with Gasteiger partial charge in [0.15, 0.2) is 28.4 Å². The zero-order valence-electron chi connectivity index (χ0n) is 30.6. The van der Waals surface area contributed by atoms with Gasteiger partial charge in [0.05, 0.1) is 29.5 Å². The summed E-state index contributed by atoms with van der Waals surface area (Å²) < 4.78 is 8.80. The molecule has 4 saturated carbocycles. The van der Waals surface area contributed by atoms with Gasteiger partial charge >= 0.3 is 0 Å². The first-order valence-electron chi connectivity index (χ1n) is 19.8. The fourth-order valence-electron chi connectivity index (χ4n) is 9.60. The van der Waals surface area contributed by atoms with Crippen molar-refractivity contribution in [2.75, 3.05) is 0 Å². The van der Waals surface area contributed by atoms with E-state index in [0.29, 0.717) is 47.6 Å². The van der Waals surface area contributed by atoms with Crippen LogP contribution in [0.3, 0.4) is 0 Å². The summed E-state index contributed by atoms with van der Waals surface area (Å²) >= 11 is 0. The van der Waals surface area contributed by atoms with Gasteiger partial charge in [0.25, 0.3) is 0 Å². The highest BCUT2D eigenvalue weighted by atomic mass is 15.4. The Morgan fingerprint density at radius 2 is 1.22 bits per heavy atom. The Morgan fingerprint density at radius 1 is 0.630 bits per heavy atom. The molecule has 0 spiro atoms. The predicted molar refractivity (Wildman–Crippen MR) is 199 cm³/mol. The molecule has 4 fully saturated rings. The van der Waals surface area contributed by atoms with Gasteiger partial charge in [-0.05, 0) is 75.3 Å². The number of rotatable bonds is 8. The second kappa shape index (κ2) is 12.5. The molecule has 0 saturated heterocycles. The predicted octanol–water partition coefficient (Wildman–Crippen LogP) is 6.44. The molecule has 4 aliphatic carbocycles. The van der Waals surface area contributed by atoms with E-state index < -0.39 is 0 Å². The standard InChI is InChI=1S/2C19H22N8/c1-2-11-7-13(26-10-22-24-18(26)12-3-4-12)8-14(11)19-25-23-16-9-21-17-15(27(16)19)5-6-20-17;1-2-11-7-13(26-10-22-17(25-26)12-3-4-12)8-14(11)19-24-23-16-9-21-18-15(27(16)19)5-6-20-18/h2*5-6,9-14,20H,2-4,7-8H2,1H3/t2*11-,13+,14+/m11/s1. The van der Waals surface area contributed by atoms with Crippen LogP contribution in [0.15, 0.2) is 49.6 Å². The van der Waals surface area contributed by atoms with Crippen molar-refractivity contribution in [3.63, 3.8) is 0 Å². The van der Waals surface area contributed by atoms with Crippen LogP contribution in [-0.4, -0.2) is 78.7 Å². The second-order valence-corrected chi connectivity index (χ2v) is 16.0. The molecule has 0 unspecified atom stereocenters. The lowest BCUT2D eigenvalue weighted by Gasteiger charge is -2.16. The van der Waals surface area contributed by atoms with E-state index >= 15 is 0 Å². The molecule has 0 amide bonds. The first kappa shape index (κ1) is 31.9. The maximum Gasteiger partial charge on any atom is 0.179 e. The number of nitrogens with one attached hydrogen (secondary N) is 2. The van der Waals surface area contributed by atoms with Gasteiger partial charge in [-0.3, -0.25) is 8.80 Å². The Balaban J connectivity index is 0.000000126. The summed E-state index contributed by atoms with van der Waals surface area (Å²) in [5.41, 5.74) is 5.47. The highest BCUT2D eigenvalue weighted by molar-refractivity contribution is 5.75. The Labute approximate surface area is 310 Å². The maximum absolute atomic E-state index is 4.79. The largest absolute Gasteiger partial charge is 0.345 e. The second-order valence-electron chi connectivity index (χ2n) is 16.0. The molecule has 12 rings (SSSR count). The smallest absolute Gasteiger partial charge is 0.179 e. The molecule has 0 aliphatic heterocycles. The van der Waals surface area contributed by atoms with Crippen molar-refractivity contribution < 1.29 is 0 Å². The van der Waals surface area contributed by atoms with Crippen LogP contribution < -0.4 is 0 Å². The van der Waals surface area contributed by atoms with E-state index in [4.69, 9.17) is 5.10 Å². The summed E-state index contributed by atoms with van der Waals surface area (Å²) in [4.78, 5) is 19.8. The summed E-state index contributed by atoms with van der Waals surface area (Å²) in [6.07, 6.45) is 22.9. The number of hydrogen-bond donors (Lipinski definition) is 2. The first-order valence-corrected chi connectivity index (χ1v) is 19.8. The maximum atomic E-state index is 4.79. The van der Waals surface area contributed by atoms with Crippen molar-refractivity contribution in [3.8, 4) is 0 Å². The van der Waals surface area contributed by atoms with Crippen molar-refractivity contribution >= 4 is 33.6 Å². The van der Waals surface area contributed by atoms with E-state index in [1.54, 1.807) is 12.4 Å². The van der Waals surface area contributed by atoms with Crippen LogP contribution in [0.25, 0.3) is 33.6 Å².